The second-order valence-electron chi connectivity index (χ2n) is 6.42. The second-order valence-corrected chi connectivity index (χ2v) is 6.42. The number of nitrogens with one attached hydrogen (secondary N) is 1. The number of amides is 1. The first-order valence-corrected chi connectivity index (χ1v) is 9.44. The number of para-hydroxylation sites is 1. The van der Waals surface area contributed by atoms with E-state index in [1.807, 2.05) is 85.8 Å². The van der Waals surface area contributed by atoms with E-state index in [1.165, 1.54) is 0 Å². The molecule has 0 aliphatic rings. The lowest BCUT2D eigenvalue weighted by atomic mass is 10.2. The molecule has 0 bridgehead atoms. The van der Waals surface area contributed by atoms with Crippen LogP contribution in [0.5, 0.6) is 5.75 Å². The number of carbonyl (C=O) groups excluding carboxylic acids is 1. The number of rotatable bonds is 8. The summed E-state index contributed by atoms with van der Waals surface area (Å²) in [5.74, 6) is 0.821. The Labute approximate surface area is 165 Å². The van der Waals surface area contributed by atoms with Gasteiger partial charge in [-0.15, -0.1) is 0 Å². The standard InChI is InChI=1S/C24H24N2O2/c1-2-8-24(27)26-22-15-13-21(14-16-22)25-17-20-11-6-7-12-23(20)28-18-19-9-4-3-5-10-19/h3-7,9-17H,2,8,18H2,1H3,(H,26,27). The Kier molecular flexibility index (Phi) is 6.96. The highest BCUT2D eigenvalue weighted by Crippen LogP contribution is 2.20. The Hall–Kier alpha value is -3.40. The van der Waals surface area contributed by atoms with Gasteiger partial charge in [-0.05, 0) is 48.4 Å². The molecule has 3 aromatic rings. The first-order valence-electron chi connectivity index (χ1n) is 9.44. The summed E-state index contributed by atoms with van der Waals surface area (Å²) in [4.78, 5) is 16.2. The third-order valence-corrected chi connectivity index (χ3v) is 4.14. The topological polar surface area (TPSA) is 50.7 Å². The van der Waals surface area contributed by atoms with E-state index in [0.717, 1.165) is 34.7 Å². The molecule has 0 atom stereocenters. The molecule has 0 unspecified atom stereocenters. The Bertz CT molecular complexity index is 919. The van der Waals surface area contributed by atoms with Gasteiger partial charge in [0.05, 0.1) is 5.69 Å². The van der Waals surface area contributed by atoms with Crippen molar-refractivity contribution in [3.8, 4) is 5.75 Å². The zero-order chi connectivity index (χ0) is 19.6. The van der Waals surface area contributed by atoms with Crippen molar-refractivity contribution in [3.05, 3.63) is 90.0 Å². The number of hydrogen-bond donors (Lipinski definition) is 1. The molecule has 0 fully saturated rings. The number of anilines is 1. The van der Waals surface area contributed by atoms with E-state index in [9.17, 15) is 4.79 Å². The summed E-state index contributed by atoms with van der Waals surface area (Å²) in [5.41, 5.74) is 3.63. The molecule has 4 heteroatoms. The predicted octanol–water partition coefficient (Wildman–Crippen LogP) is 5.75. The van der Waals surface area contributed by atoms with E-state index in [0.29, 0.717) is 13.0 Å². The van der Waals surface area contributed by atoms with Crippen LogP contribution >= 0.6 is 0 Å². The molecule has 3 rings (SSSR count). The number of aliphatic imine (C=N–C) groups is 1. The first-order chi connectivity index (χ1) is 13.7. The van der Waals surface area contributed by atoms with Crippen molar-refractivity contribution in [2.75, 3.05) is 5.32 Å². The van der Waals surface area contributed by atoms with E-state index >= 15 is 0 Å². The van der Waals surface area contributed by atoms with Gasteiger partial charge in [-0.25, -0.2) is 0 Å². The van der Waals surface area contributed by atoms with Gasteiger partial charge in [-0.1, -0.05) is 49.4 Å². The normalized spacial score (nSPS) is 10.8. The van der Waals surface area contributed by atoms with Gasteiger partial charge in [-0.2, -0.15) is 0 Å². The van der Waals surface area contributed by atoms with Crippen LogP contribution in [0.25, 0.3) is 0 Å². The molecule has 0 aliphatic carbocycles. The van der Waals surface area contributed by atoms with Crippen molar-refractivity contribution in [1.82, 2.24) is 0 Å². The van der Waals surface area contributed by atoms with Gasteiger partial charge in [0.25, 0.3) is 0 Å². The minimum absolute atomic E-state index is 0.0308. The molecule has 0 heterocycles. The van der Waals surface area contributed by atoms with Crippen LogP contribution in [0.3, 0.4) is 0 Å². The molecule has 0 saturated carbocycles. The molecule has 0 aromatic heterocycles. The Morgan fingerprint density at radius 1 is 0.964 bits per heavy atom. The molecule has 1 amide bonds. The van der Waals surface area contributed by atoms with Crippen LogP contribution in [0.2, 0.25) is 0 Å². The average molecular weight is 372 g/mol. The molecule has 0 spiro atoms. The Morgan fingerprint density at radius 3 is 2.43 bits per heavy atom. The Balaban J connectivity index is 1.64. The molecule has 28 heavy (non-hydrogen) atoms. The summed E-state index contributed by atoms with van der Waals surface area (Å²) in [6, 6.07) is 25.4. The smallest absolute Gasteiger partial charge is 0.224 e. The summed E-state index contributed by atoms with van der Waals surface area (Å²) in [6.07, 6.45) is 3.16. The van der Waals surface area contributed by atoms with Crippen LogP contribution in [0.15, 0.2) is 83.9 Å². The van der Waals surface area contributed by atoms with Crippen molar-refractivity contribution in [3.63, 3.8) is 0 Å². The molecular weight excluding hydrogens is 348 g/mol. The number of hydrogen-bond acceptors (Lipinski definition) is 3. The minimum atomic E-state index is 0.0308. The van der Waals surface area contributed by atoms with Crippen LogP contribution in [-0.4, -0.2) is 12.1 Å². The number of nitrogens with zero attached hydrogens (tertiary/aromatic N) is 1. The Morgan fingerprint density at radius 2 is 1.68 bits per heavy atom. The highest BCUT2D eigenvalue weighted by Gasteiger charge is 2.02. The summed E-state index contributed by atoms with van der Waals surface area (Å²) in [5, 5.41) is 2.87. The van der Waals surface area contributed by atoms with Crippen molar-refractivity contribution >= 4 is 23.5 Å². The van der Waals surface area contributed by atoms with Gasteiger partial charge in [-0.3, -0.25) is 9.79 Å². The van der Waals surface area contributed by atoms with Gasteiger partial charge in [0.15, 0.2) is 0 Å². The molecule has 142 valence electrons. The summed E-state index contributed by atoms with van der Waals surface area (Å²) in [7, 11) is 0. The van der Waals surface area contributed by atoms with Crippen LogP contribution in [0, 0.1) is 0 Å². The van der Waals surface area contributed by atoms with Gasteiger partial charge in [0, 0.05) is 23.9 Å². The summed E-state index contributed by atoms with van der Waals surface area (Å²) < 4.78 is 5.96. The number of ether oxygens (including phenoxy) is 1. The molecular formula is C24H24N2O2. The van der Waals surface area contributed by atoms with E-state index in [1.54, 1.807) is 6.21 Å². The lowest BCUT2D eigenvalue weighted by Gasteiger charge is -2.09. The third-order valence-electron chi connectivity index (χ3n) is 4.14. The number of carbonyl (C=O) groups is 1. The maximum Gasteiger partial charge on any atom is 0.224 e. The van der Waals surface area contributed by atoms with Crippen molar-refractivity contribution in [2.24, 2.45) is 4.99 Å². The monoisotopic (exact) mass is 372 g/mol. The van der Waals surface area contributed by atoms with Crippen LogP contribution in [0.1, 0.15) is 30.9 Å². The lowest BCUT2D eigenvalue weighted by Crippen LogP contribution is -2.10. The SMILES string of the molecule is CCCC(=O)Nc1ccc(N=Cc2ccccc2OCc2ccccc2)cc1. The van der Waals surface area contributed by atoms with Gasteiger partial charge < -0.3 is 10.1 Å². The van der Waals surface area contributed by atoms with Crippen LogP contribution < -0.4 is 10.1 Å². The molecule has 0 radical (unpaired) electrons. The third kappa shape index (κ3) is 5.81. The fraction of sp³-hybridized carbons (Fsp3) is 0.167. The van der Waals surface area contributed by atoms with Crippen molar-refractivity contribution in [2.45, 2.75) is 26.4 Å². The quantitative estimate of drug-likeness (QED) is 0.512. The molecule has 0 aliphatic heterocycles. The minimum Gasteiger partial charge on any atom is -0.488 e. The highest BCUT2D eigenvalue weighted by molar-refractivity contribution is 5.91. The zero-order valence-corrected chi connectivity index (χ0v) is 16.0. The maximum absolute atomic E-state index is 11.7. The summed E-state index contributed by atoms with van der Waals surface area (Å²) in [6.45, 7) is 2.50. The molecule has 3 aromatic carbocycles. The summed E-state index contributed by atoms with van der Waals surface area (Å²) >= 11 is 0. The number of benzene rings is 3. The van der Waals surface area contributed by atoms with Gasteiger partial charge >= 0.3 is 0 Å². The first kappa shape index (κ1) is 19.4. The second kappa shape index (κ2) is 10.1. The maximum atomic E-state index is 11.7. The fourth-order valence-electron chi connectivity index (χ4n) is 2.68. The van der Waals surface area contributed by atoms with E-state index in [-0.39, 0.29) is 5.91 Å². The van der Waals surface area contributed by atoms with Crippen molar-refractivity contribution in [1.29, 1.82) is 0 Å². The van der Waals surface area contributed by atoms with Crippen LogP contribution in [0.4, 0.5) is 11.4 Å². The zero-order valence-electron chi connectivity index (χ0n) is 16.0. The van der Waals surface area contributed by atoms with E-state index in [4.69, 9.17) is 4.74 Å². The van der Waals surface area contributed by atoms with Crippen LogP contribution in [-0.2, 0) is 11.4 Å². The van der Waals surface area contributed by atoms with Crippen molar-refractivity contribution < 1.29 is 9.53 Å². The highest BCUT2D eigenvalue weighted by atomic mass is 16.5. The fourth-order valence-corrected chi connectivity index (χ4v) is 2.68. The van der Waals surface area contributed by atoms with E-state index < -0.39 is 0 Å². The lowest BCUT2D eigenvalue weighted by molar-refractivity contribution is -0.116. The largest absolute Gasteiger partial charge is 0.488 e. The van der Waals surface area contributed by atoms with Gasteiger partial charge in [0.2, 0.25) is 5.91 Å². The van der Waals surface area contributed by atoms with Gasteiger partial charge in [0.1, 0.15) is 12.4 Å². The molecule has 1 N–H and O–H groups in total. The molecule has 4 nitrogen and oxygen atoms in total. The molecule has 0 saturated heterocycles. The average Bonchev–Trinajstić information content (AvgIpc) is 2.73. The van der Waals surface area contributed by atoms with E-state index in [2.05, 4.69) is 10.3 Å². The predicted molar refractivity (Wildman–Crippen MR) is 114 cm³/mol.